The number of halogens is 2. The van der Waals surface area contributed by atoms with Crippen molar-refractivity contribution in [3.8, 4) is 0 Å². The SMILES string of the molecule is O=C(CSc1nc2ccc(Cl)cc2o1)Nc1ccc(Br)cc1. The molecule has 2 aromatic carbocycles. The first kappa shape index (κ1) is 15.4. The van der Waals surface area contributed by atoms with E-state index in [2.05, 4.69) is 26.2 Å². The molecule has 1 amide bonds. The van der Waals surface area contributed by atoms with Gasteiger partial charge in [-0.25, -0.2) is 4.98 Å². The van der Waals surface area contributed by atoms with Crippen LogP contribution < -0.4 is 5.32 Å². The summed E-state index contributed by atoms with van der Waals surface area (Å²) in [6.07, 6.45) is 0. The first-order chi connectivity index (χ1) is 10.6. The molecule has 1 heterocycles. The maximum absolute atomic E-state index is 11.9. The highest BCUT2D eigenvalue weighted by molar-refractivity contribution is 9.10. The number of nitrogens with one attached hydrogen (secondary N) is 1. The summed E-state index contributed by atoms with van der Waals surface area (Å²) in [5, 5.41) is 3.85. The minimum Gasteiger partial charge on any atom is -0.431 e. The second kappa shape index (κ2) is 6.73. The highest BCUT2D eigenvalue weighted by Crippen LogP contribution is 2.25. The number of nitrogens with zero attached hydrogens (tertiary/aromatic N) is 1. The lowest BCUT2D eigenvalue weighted by Crippen LogP contribution is -2.13. The van der Waals surface area contributed by atoms with E-state index in [1.54, 1.807) is 18.2 Å². The third kappa shape index (κ3) is 3.82. The molecular weight excluding hydrogens is 388 g/mol. The molecule has 3 rings (SSSR count). The van der Waals surface area contributed by atoms with Gasteiger partial charge in [-0.15, -0.1) is 0 Å². The predicted molar refractivity (Wildman–Crippen MR) is 92.5 cm³/mol. The molecule has 1 aromatic heterocycles. The molecule has 0 aliphatic heterocycles. The molecule has 4 nitrogen and oxygen atoms in total. The highest BCUT2D eigenvalue weighted by atomic mass is 79.9. The molecule has 0 aliphatic rings. The minimum absolute atomic E-state index is 0.118. The average molecular weight is 398 g/mol. The molecule has 0 atom stereocenters. The van der Waals surface area contributed by atoms with Crippen LogP contribution in [0.25, 0.3) is 11.1 Å². The lowest BCUT2D eigenvalue weighted by Gasteiger charge is -2.03. The van der Waals surface area contributed by atoms with Crippen molar-refractivity contribution in [1.82, 2.24) is 4.98 Å². The van der Waals surface area contributed by atoms with Crippen molar-refractivity contribution in [3.05, 3.63) is 52.0 Å². The van der Waals surface area contributed by atoms with Crippen LogP contribution in [0.1, 0.15) is 0 Å². The van der Waals surface area contributed by atoms with Crippen molar-refractivity contribution in [2.75, 3.05) is 11.1 Å². The van der Waals surface area contributed by atoms with Gasteiger partial charge < -0.3 is 9.73 Å². The molecule has 0 bridgehead atoms. The van der Waals surface area contributed by atoms with Crippen LogP contribution in [-0.4, -0.2) is 16.6 Å². The van der Waals surface area contributed by atoms with Gasteiger partial charge in [0.2, 0.25) is 5.91 Å². The number of rotatable bonds is 4. The van der Waals surface area contributed by atoms with Crippen LogP contribution in [-0.2, 0) is 4.79 Å². The Morgan fingerprint density at radius 2 is 2.05 bits per heavy atom. The highest BCUT2D eigenvalue weighted by Gasteiger charge is 2.10. The van der Waals surface area contributed by atoms with Gasteiger partial charge in [0.1, 0.15) is 5.52 Å². The molecule has 1 N–H and O–H groups in total. The topological polar surface area (TPSA) is 55.1 Å². The van der Waals surface area contributed by atoms with Crippen molar-refractivity contribution in [2.45, 2.75) is 5.22 Å². The number of hydrogen-bond acceptors (Lipinski definition) is 4. The predicted octanol–water partition coefficient (Wildman–Crippen LogP) is 4.97. The van der Waals surface area contributed by atoms with Gasteiger partial charge >= 0.3 is 0 Å². The first-order valence-electron chi connectivity index (χ1n) is 6.34. The van der Waals surface area contributed by atoms with Gasteiger partial charge in [-0.1, -0.05) is 39.3 Å². The molecule has 0 spiro atoms. The molecule has 0 aliphatic carbocycles. The molecule has 22 heavy (non-hydrogen) atoms. The number of carbonyl (C=O) groups is 1. The number of hydrogen-bond donors (Lipinski definition) is 1. The van der Waals surface area contributed by atoms with Gasteiger partial charge in [0.15, 0.2) is 5.58 Å². The summed E-state index contributed by atoms with van der Waals surface area (Å²) in [6, 6.07) is 12.6. The van der Waals surface area contributed by atoms with E-state index in [-0.39, 0.29) is 11.7 Å². The number of amides is 1. The number of anilines is 1. The number of fused-ring (bicyclic) bond motifs is 1. The van der Waals surface area contributed by atoms with E-state index in [0.717, 1.165) is 15.7 Å². The monoisotopic (exact) mass is 396 g/mol. The summed E-state index contributed by atoms with van der Waals surface area (Å²) >= 11 is 10.5. The van der Waals surface area contributed by atoms with E-state index >= 15 is 0 Å². The lowest BCUT2D eigenvalue weighted by atomic mass is 10.3. The Morgan fingerprint density at radius 3 is 2.82 bits per heavy atom. The Balaban J connectivity index is 1.61. The summed E-state index contributed by atoms with van der Waals surface area (Å²) in [5.41, 5.74) is 2.08. The fourth-order valence-corrected chi connectivity index (χ4v) is 2.86. The second-order valence-electron chi connectivity index (χ2n) is 4.44. The van der Waals surface area contributed by atoms with Gasteiger partial charge in [0.25, 0.3) is 5.22 Å². The number of benzene rings is 2. The average Bonchev–Trinajstić information content (AvgIpc) is 2.89. The number of thioether (sulfide) groups is 1. The van der Waals surface area contributed by atoms with Crippen molar-refractivity contribution >= 4 is 62.0 Å². The van der Waals surface area contributed by atoms with E-state index in [1.165, 1.54) is 11.8 Å². The summed E-state index contributed by atoms with van der Waals surface area (Å²) in [6.45, 7) is 0. The van der Waals surface area contributed by atoms with Crippen LogP contribution in [0, 0.1) is 0 Å². The van der Waals surface area contributed by atoms with Crippen molar-refractivity contribution in [3.63, 3.8) is 0 Å². The fraction of sp³-hybridized carbons (Fsp3) is 0.0667. The minimum atomic E-state index is -0.118. The standard InChI is InChI=1S/C15H10BrClN2O2S/c16-9-1-4-11(5-2-9)18-14(20)8-22-15-19-12-6-3-10(17)7-13(12)21-15/h1-7H,8H2,(H,18,20). The van der Waals surface area contributed by atoms with Gasteiger partial charge in [-0.3, -0.25) is 4.79 Å². The van der Waals surface area contributed by atoms with Crippen LogP contribution in [0.3, 0.4) is 0 Å². The van der Waals surface area contributed by atoms with Crippen LogP contribution in [0.15, 0.2) is 56.6 Å². The first-order valence-corrected chi connectivity index (χ1v) is 8.50. The van der Waals surface area contributed by atoms with E-state index in [4.69, 9.17) is 16.0 Å². The Kier molecular flexibility index (Phi) is 4.71. The van der Waals surface area contributed by atoms with Gasteiger partial charge in [0, 0.05) is 21.2 Å². The molecule has 0 saturated heterocycles. The van der Waals surface area contributed by atoms with Gasteiger partial charge in [-0.05, 0) is 36.4 Å². The normalized spacial score (nSPS) is 10.8. The maximum Gasteiger partial charge on any atom is 0.257 e. The summed E-state index contributed by atoms with van der Waals surface area (Å²) in [7, 11) is 0. The Bertz CT molecular complexity index is 820. The molecular formula is C15H10BrClN2O2S. The van der Waals surface area contributed by atoms with E-state index in [9.17, 15) is 4.79 Å². The zero-order valence-corrected chi connectivity index (χ0v) is 14.3. The van der Waals surface area contributed by atoms with Crippen LogP contribution in [0.5, 0.6) is 0 Å². The second-order valence-corrected chi connectivity index (χ2v) is 6.71. The number of aromatic nitrogens is 1. The Labute approximate surface area is 144 Å². The summed E-state index contributed by atoms with van der Waals surface area (Å²) < 4.78 is 6.51. The van der Waals surface area contributed by atoms with E-state index in [1.807, 2.05) is 24.3 Å². The fourth-order valence-electron chi connectivity index (χ4n) is 1.80. The molecule has 0 unspecified atom stereocenters. The molecule has 3 aromatic rings. The quantitative estimate of drug-likeness (QED) is 0.631. The summed E-state index contributed by atoms with van der Waals surface area (Å²) in [4.78, 5) is 16.2. The van der Waals surface area contributed by atoms with Crippen LogP contribution >= 0.6 is 39.3 Å². The van der Waals surface area contributed by atoms with Crippen molar-refractivity contribution in [1.29, 1.82) is 0 Å². The molecule has 0 saturated carbocycles. The molecule has 0 radical (unpaired) electrons. The van der Waals surface area contributed by atoms with Crippen LogP contribution in [0.2, 0.25) is 5.02 Å². The van der Waals surface area contributed by atoms with Gasteiger partial charge in [0.05, 0.1) is 5.75 Å². The van der Waals surface area contributed by atoms with E-state index in [0.29, 0.717) is 15.8 Å². The zero-order valence-electron chi connectivity index (χ0n) is 11.2. The molecule has 7 heteroatoms. The lowest BCUT2D eigenvalue weighted by molar-refractivity contribution is -0.113. The number of carbonyl (C=O) groups excluding carboxylic acids is 1. The van der Waals surface area contributed by atoms with Crippen molar-refractivity contribution in [2.24, 2.45) is 0 Å². The number of oxazole rings is 1. The third-order valence-corrected chi connectivity index (χ3v) is 4.38. The van der Waals surface area contributed by atoms with E-state index < -0.39 is 0 Å². The maximum atomic E-state index is 11.9. The van der Waals surface area contributed by atoms with Crippen LogP contribution in [0.4, 0.5) is 5.69 Å². The third-order valence-electron chi connectivity index (χ3n) is 2.79. The van der Waals surface area contributed by atoms with Crippen molar-refractivity contribution < 1.29 is 9.21 Å². The zero-order chi connectivity index (χ0) is 15.5. The molecule has 112 valence electrons. The Morgan fingerprint density at radius 1 is 1.27 bits per heavy atom. The largest absolute Gasteiger partial charge is 0.431 e. The molecule has 0 fully saturated rings. The Hall–Kier alpha value is -1.50. The smallest absolute Gasteiger partial charge is 0.257 e. The summed E-state index contributed by atoms with van der Waals surface area (Å²) in [5.74, 6) is 0.101. The van der Waals surface area contributed by atoms with Gasteiger partial charge in [-0.2, -0.15) is 0 Å².